The molecular weight excluding hydrogens is 372 g/mol. The van der Waals surface area contributed by atoms with Crippen molar-refractivity contribution in [3.8, 4) is 5.69 Å². The smallest absolute Gasteiger partial charge is 0.234 e. The molecule has 0 bridgehead atoms. The molecule has 26 heavy (non-hydrogen) atoms. The molecule has 0 aromatic carbocycles. The van der Waals surface area contributed by atoms with Crippen molar-refractivity contribution in [1.82, 2.24) is 14.8 Å². The molecule has 0 N–H and O–H groups in total. The minimum absolute atomic E-state index is 0.103. The maximum atomic E-state index is 12.6. The lowest BCUT2D eigenvalue weighted by atomic mass is 10.2. The van der Waals surface area contributed by atoms with Gasteiger partial charge in [-0.05, 0) is 25.3 Å². The molecule has 2 aromatic heterocycles. The van der Waals surface area contributed by atoms with E-state index in [4.69, 9.17) is 0 Å². The van der Waals surface area contributed by atoms with Crippen molar-refractivity contribution in [2.75, 3.05) is 22.7 Å². The lowest BCUT2D eigenvalue weighted by Gasteiger charge is -2.20. The number of nitrogens with zero attached hydrogens (tertiary/aromatic N) is 4. The number of anilines is 1. The molecule has 0 atom stereocenters. The van der Waals surface area contributed by atoms with E-state index in [1.54, 1.807) is 48.0 Å². The van der Waals surface area contributed by atoms with Crippen LogP contribution in [-0.4, -0.2) is 50.0 Å². The molecule has 0 unspecified atom stereocenters. The maximum absolute atomic E-state index is 12.6. The SMILES string of the molecule is CSCCC(=O)N(C(=O)CCSC=O)c1cn(-c2cccnc2)nc1C. The van der Waals surface area contributed by atoms with Crippen molar-refractivity contribution in [3.63, 3.8) is 0 Å². The van der Waals surface area contributed by atoms with Crippen molar-refractivity contribution in [3.05, 3.63) is 36.4 Å². The minimum atomic E-state index is -0.334. The fourth-order valence-electron chi connectivity index (χ4n) is 2.31. The van der Waals surface area contributed by atoms with Crippen molar-refractivity contribution in [1.29, 1.82) is 0 Å². The van der Waals surface area contributed by atoms with Gasteiger partial charge in [0, 0.05) is 30.5 Å². The first-order valence-corrected chi connectivity index (χ1v) is 10.4. The van der Waals surface area contributed by atoms with E-state index in [1.165, 1.54) is 4.90 Å². The zero-order valence-electron chi connectivity index (χ0n) is 14.6. The van der Waals surface area contributed by atoms with E-state index in [0.29, 0.717) is 28.5 Å². The highest BCUT2D eigenvalue weighted by atomic mass is 32.2. The van der Waals surface area contributed by atoms with Crippen LogP contribution in [-0.2, 0) is 14.4 Å². The largest absolute Gasteiger partial charge is 0.291 e. The Balaban J connectivity index is 2.32. The third kappa shape index (κ3) is 5.18. The number of imide groups is 1. The van der Waals surface area contributed by atoms with Crippen LogP contribution >= 0.6 is 23.5 Å². The number of hydrogen-bond acceptors (Lipinski definition) is 7. The van der Waals surface area contributed by atoms with Crippen molar-refractivity contribution in [2.45, 2.75) is 19.8 Å². The van der Waals surface area contributed by atoms with Gasteiger partial charge in [-0.1, -0.05) is 11.8 Å². The molecule has 0 saturated carbocycles. The lowest BCUT2D eigenvalue weighted by Crippen LogP contribution is -2.37. The van der Waals surface area contributed by atoms with Gasteiger partial charge in [0.15, 0.2) is 5.62 Å². The zero-order chi connectivity index (χ0) is 18.9. The molecule has 2 amide bonds. The maximum Gasteiger partial charge on any atom is 0.234 e. The summed E-state index contributed by atoms with van der Waals surface area (Å²) < 4.78 is 1.60. The Morgan fingerprint density at radius 3 is 2.62 bits per heavy atom. The third-order valence-corrected chi connectivity index (χ3v) is 4.73. The summed E-state index contributed by atoms with van der Waals surface area (Å²) in [5, 5.41) is 4.41. The summed E-state index contributed by atoms with van der Waals surface area (Å²) in [6.45, 7) is 1.75. The predicted molar refractivity (Wildman–Crippen MR) is 105 cm³/mol. The van der Waals surface area contributed by atoms with Crippen LogP contribution < -0.4 is 4.90 Å². The summed E-state index contributed by atoms with van der Waals surface area (Å²) in [7, 11) is 0. The van der Waals surface area contributed by atoms with E-state index in [1.807, 2.05) is 12.3 Å². The summed E-state index contributed by atoms with van der Waals surface area (Å²) in [5.74, 6) is 0.361. The highest BCUT2D eigenvalue weighted by molar-refractivity contribution is 8.11. The van der Waals surface area contributed by atoms with Crippen LogP contribution in [0.4, 0.5) is 5.69 Å². The normalized spacial score (nSPS) is 10.5. The fourth-order valence-corrected chi connectivity index (χ4v) is 3.07. The van der Waals surface area contributed by atoms with Crippen LogP contribution in [0.3, 0.4) is 0 Å². The summed E-state index contributed by atoms with van der Waals surface area (Å²) in [6.07, 6.45) is 7.24. The predicted octanol–water partition coefficient (Wildman–Crippen LogP) is 2.50. The van der Waals surface area contributed by atoms with E-state index < -0.39 is 0 Å². The Labute approximate surface area is 160 Å². The van der Waals surface area contributed by atoms with E-state index in [-0.39, 0.29) is 24.7 Å². The van der Waals surface area contributed by atoms with Crippen molar-refractivity contribution < 1.29 is 14.4 Å². The van der Waals surface area contributed by atoms with Gasteiger partial charge in [0.1, 0.15) is 0 Å². The summed E-state index contributed by atoms with van der Waals surface area (Å²) in [5.41, 5.74) is 2.46. The second-order valence-electron chi connectivity index (χ2n) is 5.34. The van der Waals surface area contributed by atoms with Gasteiger partial charge < -0.3 is 0 Å². The number of aromatic nitrogens is 3. The Morgan fingerprint density at radius 1 is 1.27 bits per heavy atom. The van der Waals surface area contributed by atoms with Crippen molar-refractivity contribution in [2.24, 2.45) is 0 Å². The first-order valence-electron chi connectivity index (χ1n) is 7.95. The molecule has 138 valence electrons. The topological polar surface area (TPSA) is 85.2 Å². The molecule has 0 radical (unpaired) electrons. The highest BCUT2D eigenvalue weighted by Gasteiger charge is 2.26. The summed E-state index contributed by atoms with van der Waals surface area (Å²) >= 11 is 2.56. The average Bonchev–Trinajstić information content (AvgIpc) is 3.02. The quantitative estimate of drug-likeness (QED) is 0.479. The Hall–Kier alpha value is -2.13. The molecule has 2 heterocycles. The van der Waals surface area contributed by atoms with E-state index in [0.717, 1.165) is 17.4 Å². The standard InChI is InChI=1S/C17H20N4O3S2/c1-13-15(11-20(19-13)14-4-3-7-18-10-14)21(16(23)5-8-25-2)17(24)6-9-26-12-22/h3-4,7,10-12H,5-6,8-9H2,1-2H3. The molecule has 0 aliphatic carbocycles. The monoisotopic (exact) mass is 392 g/mol. The van der Waals surface area contributed by atoms with Crippen LogP contribution in [0.5, 0.6) is 0 Å². The molecule has 0 fully saturated rings. The molecule has 0 spiro atoms. The number of thioether (sulfide) groups is 2. The van der Waals surface area contributed by atoms with Crippen molar-refractivity contribution >= 4 is 46.6 Å². The van der Waals surface area contributed by atoms with Gasteiger partial charge in [-0.15, -0.1) is 0 Å². The van der Waals surface area contributed by atoms with Gasteiger partial charge in [0.05, 0.1) is 29.5 Å². The zero-order valence-corrected chi connectivity index (χ0v) is 16.3. The molecule has 0 saturated heterocycles. The lowest BCUT2D eigenvalue weighted by molar-refractivity contribution is -0.126. The van der Waals surface area contributed by atoms with Gasteiger partial charge in [-0.25, -0.2) is 9.58 Å². The van der Waals surface area contributed by atoms with E-state index in [9.17, 15) is 14.4 Å². The number of hydrogen-bond donors (Lipinski definition) is 0. The highest BCUT2D eigenvalue weighted by Crippen LogP contribution is 2.23. The van der Waals surface area contributed by atoms with Crippen LogP contribution in [0.25, 0.3) is 5.69 Å². The first kappa shape index (κ1) is 20.2. The second-order valence-corrected chi connectivity index (χ2v) is 7.26. The van der Waals surface area contributed by atoms with E-state index in [2.05, 4.69) is 10.1 Å². The Morgan fingerprint density at radius 2 is 2.00 bits per heavy atom. The molecule has 0 aliphatic rings. The number of rotatable bonds is 9. The summed E-state index contributed by atoms with van der Waals surface area (Å²) in [4.78, 5) is 41.0. The minimum Gasteiger partial charge on any atom is -0.291 e. The first-order chi connectivity index (χ1) is 12.6. The summed E-state index contributed by atoms with van der Waals surface area (Å²) in [6, 6.07) is 3.63. The number of pyridine rings is 1. The van der Waals surface area contributed by atoms with Gasteiger partial charge in [0.25, 0.3) is 0 Å². The molecule has 0 aliphatic heterocycles. The molecule has 2 aromatic rings. The molecule has 2 rings (SSSR count). The van der Waals surface area contributed by atoms with Gasteiger partial charge in [-0.2, -0.15) is 16.9 Å². The van der Waals surface area contributed by atoms with Gasteiger partial charge >= 0.3 is 0 Å². The second kappa shape index (κ2) is 10.1. The van der Waals surface area contributed by atoms with Gasteiger partial charge in [0.2, 0.25) is 11.8 Å². The van der Waals surface area contributed by atoms with Crippen LogP contribution in [0.1, 0.15) is 18.5 Å². The average molecular weight is 393 g/mol. The number of carbonyl (C=O) groups excluding carboxylic acids is 3. The Kier molecular flexibility index (Phi) is 7.86. The van der Waals surface area contributed by atoms with Crippen LogP contribution in [0, 0.1) is 6.92 Å². The molecular formula is C17H20N4O3S2. The molecule has 7 nitrogen and oxygen atoms in total. The van der Waals surface area contributed by atoms with Gasteiger partial charge in [-0.3, -0.25) is 19.4 Å². The Bertz CT molecular complexity index is 765. The third-order valence-electron chi connectivity index (χ3n) is 3.55. The number of carbonyl (C=O) groups is 3. The van der Waals surface area contributed by atoms with Crippen LogP contribution in [0.2, 0.25) is 0 Å². The number of aryl methyl sites for hydroxylation is 1. The fraction of sp³-hybridized carbons (Fsp3) is 0.353. The van der Waals surface area contributed by atoms with Crippen LogP contribution in [0.15, 0.2) is 30.7 Å². The molecule has 9 heteroatoms. The number of amides is 2. The van der Waals surface area contributed by atoms with E-state index >= 15 is 0 Å².